The average molecular weight is 417 g/mol. The number of anilines is 1. The van der Waals surface area contributed by atoms with E-state index in [1.54, 1.807) is 31.2 Å². The minimum Gasteiger partial charge on any atom is -0.349 e. The van der Waals surface area contributed by atoms with E-state index in [2.05, 4.69) is 26.2 Å². The second-order valence-electron chi connectivity index (χ2n) is 6.36. The van der Waals surface area contributed by atoms with Crippen LogP contribution in [0, 0.1) is 12.7 Å². The SMILES string of the molecule is CC(=O)NC(CC(=O)Nc1ccc(F)c(-n2nnnc2C)c1)c1ccc(Cl)cc1. The Kier molecular flexibility index (Phi) is 6.18. The van der Waals surface area contributed by atoms with Gasteiger partial charge in [-0.15, -0.1) is 5.10 Å². The predicted octanol–water partition coefficient (Wildman–Crippen LogP) is 2.97. The molecule has 0 fully saturated rings. The van der Waals surface area contributed by atoms with Crippen molar-refractivity contribution in [1.82, 2.24) is 25.5 Å². The fourth-order valence-corrected chi connectivity index (χ4v) is 2.92. The molecule has 2 amide bonds. The highest BCUT2D eigenvalue weighted by Crippen LogP contribution is 2.22. The Balaban J connectivity index is 1.77. The van der Waals surface area contributed by atoms with Crippen LogP contribution in [-0.2, 0) is 9.59 Å². The molecule has 8 nitrogen and oxygen atoms in total. The Labute approximate surface area is 171 Å². The molecule has 3 rings (SSSR count). The first kappa shape index (κ1) is 20.4. The molecule has 10 heteroatoms. The first-order valence-electron chi connectivity index (χ1n) is 8.71. The van der Waals surface area contributed by atoms with E-state index >= 15 is 0 Å². The van der Waals surface area contributed by atoms with Crippen LogP contribution in [0.2, 0.25) is 5.02 Å². The van der Waals surface area contributed by atoms with Crippen LogP contribution in [0.3, 0.4) is 0 Å². The molecule has 1 atom stereocenters. The van der Waals surface area contributed by atoms with Crippen LogP contribution in [0.4, 0.5) is 10.1 Å². The fourth-order valence-electron chi connectivity index (χ4n) is 2.80. The van der Waals surface area contributed by atoms with Gasteiger partial charge >= 0.3 is 0 Å². The zero-order valence-corrected chi connectivity index (χ0v) is 16.4. The number of nitrogens with one attached hydrogen (secondary N) is 2. The van der Waals surface area contributed by atoms with Crippen LogP contribution >= 0.6 is 11.6 Å². The lowest BCUT2D eigenvalue weighted by atomic mass is 10.0. The first-order chi connectivity index (χ1) is 13.8. The third kappa shape index (κ3) is 5.14. The number of hydrogen-bond donors (Lipinski definition) is 2. The molecule has 0 saturated carbocycles. The lowest BCUT2D eigenvalue weighted by Crippen LogP contribution is -2.29. The predicted molar refractivity (Wildman–Crippen MR) is 105 cm³/mol. The Hall–Kier alpha value is -3.33. The number of hydrogen-bond acceptors (Lipinski definition) is 5. The van der Waals surface area contributed by atoms with Gasteiger partial charge in [0.15, 0.2) is 5.82 Å². The number of amides is 2. The normalized spacial score (nSPS) is 11.7. The van der Waals surface area contributed by atoms with E-state index in [4.69, 9.17) is 11.6 Å². The molecule has 0 bridgehead atoms. The topological polar surface area (TPSA) is 102 Å². The van der Waals surface area contributed by atoms with Gasteiger partial charge in [0.25, 0.3) is 0 Å². The molecule has 2 N–H and O–H groups in total. The Morgan fingerprint density at radius 2 is 1.93 bits per heavy atom. The van der Waals surface area contributed by atoms with Crippen molar-refractivity contribution < 1.29 is 14.0 Å². The average Bonchev–Trinajstić information content (AvgIpc) is 3.09. The smallest absolute Gasteiger partial charge is 0.226 e. The van der Waals surface area contributed by atoms with E-state index in [9.17, 15) is 14.0 Å². The van der Waals surface area contributed by atoms with E-state index in [-0.39, 0.29) is 23.9 Å². The van der Waals surface area contributed by atoms with Gasteiger partial charge in [-0.3, -0.25) is 9.59 Å². The summed E-state index contributed by atoms with van der Waals surface area (Å²) in [7, 11) is 0. The van der Waals surface area contributed by atoms with Crippen molar-refractivity contribution in [3.05, 3.63) is 64.7 Å². The number of halogens is 2. The number of rotatable bonds is 6. The summed E-state index contributed by atoms with van der Waals surface area (Å²) in [6.07, 6.45) is -0.0160. The number of tetrazole rings is 1. The monoisotopic (exact) mass is 416 g/mol. The zero-order chi connectivity index (χ0) is 21.0. The van der Waals surface area contributed by atoms with Gasteiger partial charge in [0.05, 0.1) is 12.5 Å². The molecule has 0 aliphatic heterocycles. The maximum atomic E-state index is 14.2. The van der Waals surface area contributed by atoms with Gasteiger partial charge in [0.1, 0.15) is 11.5 Å². The molecule has 0 spiro atoms. The van der Waals surface area contributed by atoms with Crippen molar-refractivity contribution in [2.24, 2.45) is 0 Å². The van der Waals surface area contributed by atoms with Gasteiger partial charge in [0.2, 0.25) is 11.8 Å². The van der Waals surface area contributed by atoms with E-state index in [0.717, 1.165) is 5.56 Å². The standard InChI is InChI=1S/C19H18ClFN6O2/c1-11-24-25-26-27(11)18-9-15(7-8-16(18)21)23-19(29)10-17(22-12(2)28)13-3-5-14(20)6-4-13/h3-9,17H,10H2,1-2H3,(H,22,28)(H,23,29). The quantitative estimate of drug-likeness (QED) is 0.643. The maximum Gasteiger partial charge on any atom is 0.226 e. The summed E-state index contributed by atoms with van der Waals surface area (Å²) in [5.74, 6) is -0.753. The molecule has 1 heterocycles. The second-order valence-corrected chi connectivity index (χ2v) is 6.80. The van der Waals surface area contributed by atoms with Crippen LogP contribution in [-0.4, -0.2) is 32.0 Å². The highest BCUT2D eigenvalue weighted by molar-refractivity contribution is 6.30. The number of aromatic nitrogens is 4. The minimum absolute atomic E-state index is 0.0160. The molecule has 2 aromatic carbocycles. The summed E-state index contributed by atoms with van der Waals surface area (Å²) >= 11 is 5.90. The first-order valence-corrected chi connectivity index (χ1v) is 9.08. The van der Waals surface area contributed by atoms with Gasteiger partial charge in [0, 0.05) is 17.6 Å². The Morgan fingerprint density at radius 1 is 1.21 bits per heavy atom. The van der Waals surface area contributed by atoms with Crippen molar-refractivity contribution in [3.63, 3.8) is 0 Å². The molecule has 1 aromatic heterocycles. The van der Waals surface area contributed by atoms with Crippen molar-refractivity contribution in [3.8, 4) is 5.69 Å². The lowest BCUT2D eigenvalue weighted by Gasteiger charge is -2.18. The molecular weight excluding hydrogens is 399 g/mol. The molecule has 0 saturated heterocycles. The summed E-state index contributed by atoms with van der Waals surface area (Å²) in [6, 6.07) is 10.4. The van der Waals surface area contributed by atoms with E-state index in [1.165, 1.54) is 29.8 Å². The number of nitrogens with zero attached hydrogens (tertiary/aromatic N) is 4. The van der Waals surface area contributed by atoms with Gasteiger partial charge in [-0.2, -0.15) is 4.68 Å². The number of carbonyl (C=O) groups excluding carboxylic acids is 2. The van der Waals surface area contributed by atoms with Crippen LogP contribution in [0.1, 0.15) is 30.8 Å². The summed E-state index contributed by atoms with van der Waals surface area (Å²) in [5, 5.41) is 17.0. The molecular formula is C19H18ClFN6O2. The highest BCUT2D eigenvalue weighted by Gasteiger charge is 2.18. The van der Waals surface area contributed by atoms with E-state index in [1.807, 2.05) is 0 Å². The Bertz CT molecular complexity index is 1040. The van der Waals surface area contributed by atoms with E-state index in [0.29, 0.717) is 16.5 Å². The molecule has 29 heavy (non-hydrogen) atoms. The number of aryl methyl sites for hydroxylation is 1. The van der Waals surface area contributed by atoms with Crippen LogP contribution in [0.15, 0.2) is 42.5 Å². The second kappa shape index (κ2) is 8.78. The molecule has 0 aliphatic rings. The fraction of sp³-hybridized carbons (Fsp3) is 0.211. The molecule has 150 valence electrons. The maximum absolute atomic E-state index is 14.2. The van der Waals surface area contributed by atoms with Crippen molar-refractivity contribution in [1.29, 1.82) is 0 Å². The van der Waals surface area contributed by atoms with Gasteiger partial charge in [-0.05, 0) is 53.2 Å². The summed E-state index contributed by atoms with van der Waals surface area (Å²) in [6.45, 7) is 3.01. The van der Waals surface area contributed by atoms with Gasteiger partial charge in [-0.1, -0.05) is 23.7 Å². The van der Waals surface area contributed by atoms with Crippen LogP contribution in [0.25, 0.3) is 5.69 Å². The van der Waals surface area contributed by atoms with Gasteiger partial charge < -0.3 is 10.6 Å². The van der Waals surface area contributed by atoms with Crippen molar-refractivity contribution in [2.75, 3.05) is 5.32 Å². The summed E-state index contributed by atoms with van der Waals surface area (Å²) in [5.41, 5.74) is 1.23. The third-order valence-corrected chi connectivity index (χ3v) is 4.37. The molecule has 0 aliphatic carbocycles. The van der Waals surface area contributed by atoms with Gasteiger partial charge in [-0.25, -0.2) is 4.39 Å². The largest absolute Gasteiger partial charge is 0.349 e. The zero-order valence-electron chi connectivity index (χ0n) is 15.7. The molecule has 0 radical (unpaired) electrons. The van der Waals surface area contributed by atoms with Crippen LogP contribution < -0.4 is 10.6 Å². The minimum atomic E-state index is -0.536. The lowest BCUT2D eigenvalue weighted by molar-refractivity contribution is -0.120. The van der Waals surface area contributed by atoms with Crippen LogP contribution in [0.5, 0.6) is 0 Å². The van der Waals surface area contributed by atoms with E-state index < -0.39 is 11.9 Å². The highest BCUT2D eigenvalue weighted by atomic mass is 35.5. The molecule has 3 aromatic rings. The summed E-state index contributed by atoms with van der Waals surface area (Å²) < 4.78 is 15.4. The van der Waals surface area contributed by atoms with Crippen molar-refractivity contribution >= 4 is 29.1 Å². The molecule has 1 unspecified atom stereocenters. The van der Waals surface area contributed by atoms with Crippen molar-refractivity contribution in [2.45, 2.75) is 26.3 Å². The Morgan fingerprint density at radius 3 is 2.55 bits per heavy atom. The third-order valence-electron chi connectivity index (χ3n) is 4.12. The number of carbonyl (C=O) groups is 2. The number of benzene rings is 2. The summed E-state index contributed by atoms with van der Waals surface area (Å²) in [4.78, 5) is 24.1.